The molecule has 0 atom stereocenters. The molecule has 96 valence electrons. The van der Waals surface area contributed by atoms with Gasteiger partial charge >= 0.3 is 0 Å². The second-order valence-corrected chi connectivity index (χ2v) is 6.05. The standard InChI is InChI=1S/C14H17ClN2O/c1-14(2,3)8-11-12(13(16)17-18-11)9-5-4-6-10(15)7-9/h4-7H,8H2,1-3H3,(H2,16,17). The molecule has 1 aromatic carbocycles. The molecule has 0 aliphatic rings. The minimum Gasteiger partial charge on any atom is -0.380 e. The van der Waals surface area contributed by atoms with Crippen LogP contribution >= 0.6 is 11.6 Å². The van der Waals surface area contributed by atoms with Crippen molar-refractivity contribution in [3.8, 4) is 11.1 Å². The molecule has 0 fully saturated rings. The topological polar surface area (TPSA) is 52.0 Å². The number of anilines is 1. The van der Waals surface area contributed by atoms with Gasteiger partial charge in [-0.2, -0.15) is 0 Å². The molecule has 0 saturated heterocycles. The first kappa shape index (κ1) is 13.0. The van der Waals surface area contributed by atoms with Gasteiger partial charge in [0.05, 0.1) is 5.56 Å². The third-order valence-corrected chi connectivity index (χ3v) is 2.83. The molecule has 0 bridgehead atoms. The highest BCUT2D eigenvalue weighted by Crippen LogP contribution is 2.34. The van der Waals surface area contributed by atoms with Crippen molar-refractivity contribution in [2.75, 3.05) is 5.73 Å². The SMILES string of the molecule is CC(C)(C)Cc1onc(N)c1-c1cccc(Cl)c1. The number of halogens is 1. The van der Waals surface area contributed by atoms with E-state index in [0.717, 1.165) is 23.3 Å². The van der Waals surface area contributed by atoms with Gasteiger partial charge in [-0.15, -0.1) is 0 Å². The van der Waals surface area contributed by atoms with Crippen LogP contribution in [0.4, 0.5) is 5.82 Å². The number of rotatable bonds is 2. The molecule has 18 heavy (non-hydrogen) atoms. The second kappa shape index (κ2) is 4.65. The number of hydrogen-bond acceptors (Lipinski definition) is 3. The summed E-state index contributed by atoms with van der Waals surface area (Å²) < 4.78 is 5.35. The minimum atomic E-state index is 0.110. The van der Waals surface area contributed by atoms with E-state index in [1.807, 2.05) is 24.3 Å². The molecule has 0 unspecified atom stereocenters. The first-order chi connectivity index (χ1) is 8.37. The summed E-state index contributed by atoms with van der Waals surface area (Å²) in [7, 11) is 0. The van der Waals surface area contributed by atoms with Gasteiger partial charge in [0.2, 0.25) is 0 Å². The van der Waals surface area contributed by atoms with Gasteiger partial charge < -0.3 is 10.3 Å². The third kappa shape index (κ3) is 2.85. The van der Waals surface area contributed by atoms with Crippen molar-refractivity contribution >= 4 is 17.4 Å². The second-order valence-electron chi connectivity index (χ2n) is 5.61. The lowest BCUT2D eigenvalue weighted by Gasteiger charge is -2.16. The smallest absolute Gasteiger partial charge is 0.175 e. The van der Waals surface area contributed by atoms with Crippen LogP contribution in [0.15, 0.2) is 28.8 Å². The van der Waals surface area contributed by atoms with Crippen LogP contribution in [0.5, 0.6) is 0 Å². The van der Waals surface area contributed by atoms with Crippen molar-refractivity contribution in [2.45, 2.75) is 27.2 Å². The van der Waals surface area contributed by atoms with Crippen molar-refractivity contribution < 1.29 is 4.52 Å². The quantitative estimate of drug-likeness (QED) is 0.886. The summed E-state index contributed by atoms with van der Waals surface area (Å²) >= 11 is 6.01. The fourth-order valence-electron chi connectivity index (χ4n) is 1.89. The van der Waals surface area contributed by atoms with E-state index >= 15 is 0 Å². The number of benzene rings is 1. The lowest BCUT2D eigenvalue weighted by molar-refractivity contribution is 0.322. The van der Waals surface area contributed by atoms with E-state index in [9.17, 15) is 0 Å². The fourth-order valence-corrected chi connectivity index (χ4v) is 2.08. The van der Waals surface area contributed by atoms with Crippen LogP contribution < -0.4 is 5.73 Å². The van der Waals surface area contributed by atoms with E-state index in [2.05, 4.69) is 25.9 Å². The summed E-state index contributed by atoms with van der Waals surface area (Å²) in [6, 6.07) is 7.56. The van der Waals surface area contributed by atoms with Crippen LogP contribution in [0, 0.1) is 5.41 Å². The normalized spacial score (nSPS) is 11.8. The monoisotopic (exact) mass is 264 g/mol. The maximum atomic E-state index is 6.01. The highest BCUT2D eigenvalue weighted by atomic mass is 35.5. The van der Waals surface area contributed by atoms with Crippen molar-refractivity contribution in [1.29, 1.82) is 0 Å². The predicted molar refractivity (Wildman–Crippen MR) is 74.5 cm³/mol. The third-order valence-electron chi connectivity index (χ3n) is 2.59. The first-order valence-corrected chi connectivity index (χ1v) is 6.24. The van der Waals surface area contributed by atoms with Crippen molar-refractivity contribution in [3.05, 3.63) is 35.0 Å². The molecular formula is C14H17ClN2O. The Morgan fingerprint density at radius 3 is 2.67 bits per heavy atom. The van der Waals surface area contributed by atoms with E-state index in [-0.39, 0.29) is 5.41 Å². The van der Waals surface area contributed by atoms with Crippen LogP contribution in [-0.2, 0) is 6.42 Å². The summed E-state index contributed by atoms with van der Waals surface area (Å²) in [6.45, 7) is 6.44. The maximum absolute atomic E-state index is 6.01. The van der Waals surface area contributed by atoms with E-state index in [1.165, 1.54) is 0 Å². The summed E-state index contributed by atoms with van der Waals surface area (Å²) in [5.74, 6) is 1.22. The molecule has 1 aromatic heterocycles. The van der Waals surface area contributed by atoms with Gasteiger partial charge in [-0.3, -0.25) is 0 Å². The Morgan fingerprint density at radius 1 is 1.33 bits per heavy atom. The summed E-state index contributed by atoms with van der Waals surface area (Å²) in [4.78, 5) is 0. The number of aromatic nitrogens is 1. The van der Waals surface area contributed by atoms with E-state index in [0.29, 0.717) is 10.8 Å². The van der Waals surface area contributed by atoms with Crippen molar-refractivity contribution in [1.82, 2.24) is 5.16 Å². The molecule has 2 rings (SSSR count). The zero-order valence-electron chi connectivity index (χ0n) is 10.8. The molecule has 3 nitrogen and oxygen atoms in total. The van der Waals surface area contributed by atoms with Crippen LogP contribution in [0.25, 0.3) is 11.1 Å². The Morgan fingerprint density at radius 2 is 2.06 bits per heavy atom. The fraction of sp³-hybridized carbons (Fsp3) is 0.357. The maximum Gasteiger partial charge on any atom is 0.175 e. The van der Waals surface area contributed by atoms with Crippen molar-refractivity contribution in [2.24, 2.45) is 5.41 Å². The average Bonchev–Trinajstić information content (AvgIpc) is 2.57. The Kier molecular flexibility index (Phi) is 3.35. The molecule has 4 heteroatoms. The summed E-state index contributed by atoms with van der Waals surface area (Å²) in [5, 5.41) is 4.54. The van der Waals surface area contributed by atoms with Gasteiger partial charge in [0.15, 0.2) is 5.82 Å². The molecule has 2 N–H and O–H groups in total. The molecule has 0 aliphatic carbocycles. The van der Waals surface area contributed by atoms with Crippen molar-refractivity contribution in [3.63, 3.8) is 0 Å². The number of nitrogens with two attached hydrogens (primary N) is 1. The summed E-state index contributed by atoms with van der Waals surface area (Å²) in [5.41, 5.74) is 7.80. The number of nitrogens with zero attached hydrogens (tertiary/aromatic N) is 1. The average molecular weight is 265 g/mol. The summed E-state index contributed by atoms with van der Waals surface area (Å²) in [6.07, 6.45) is 0.777. The Bertz CT molecular complexity index is 555. The van der Waals surface area contributed by atoms with Crippen LogP contribution in [0.3, 0.4) is 0 Å². The predicted octanol–water partition coefficient (Wildman–Crippen LogP) is 4.17. The lowest BCUT2D eigenvalue weighted by Crippen LogP contribution is -2.09. The van der Waals surface area contributed by atoms with E-state index < -0.39 is 0 Å². The first-order valence-electron chi connectivity index (χ1n) is 5.87. The minimum absolute atomic E-state index is 0.110. The van der Waals surface area contributed by atoms with Crippen LogP contribution in [0.2, 0.25) is 5.02 Å². The van der Waals surface area contributed by atoms with Crippen LogP contribution in [0.1, 0.15) is 26.5 Å². The molecule has 2 aromatic rings. The number of nitrogen functional groups attached to an aromatic ring is 1. The zero-order valence-corrected chi connectivity index (χ0v) is 11.6. The van der Waals surface area contributed by atoms with Crippen LogP contribution in [-0.4, -0.2) is 5.16 Å². The van der Waals surface area contributed by atoms with Gasteiger partial charge in [0.1, 0.15) is 5.76 Å². The van der Waals surface area contributed by atoms with E-state index in [1.54, 1.807) is 0 Å². The Balaban J connectivity index is 2.47. The molecule has 0 radical (unpaired) electrons. The Hall–Kier alpha value is -1.48. The molecule has 0 spiro atoms. The van der Waals surface area contributed by atoms with Gasteiger partial charge in [-0.1, -0.05) is 49.7 Å². The van der Waals surface area contributed by atoms with Gasteiger partial charge in [-0.05, 0) is 23.1 Å². The number of hydrogen-bond donors (Lipinski definition) is 1. The lowest BCUT2D eigenvalue weighted by atomic mass is 9.88. The largest absolute Gasteiger partial charge is 0.380 e. The van der Waals surface area contributed by atoms with Gasteiger partial charge in [-0.25, -0.2) is 0 Å². The molecular weight excluding hydrogens is 248 g/mol. The molecule has 0 aliphatic heterocycles. The molecule has 0 amide bonds. The highest BCUT2D eigenvalue weighted by Gasteiger charge is 2.21. The zero-order chi connectivity index (χ0) is 13.3. The molecule has 0 saturated carbocycles. The molecule has 1 heterocycles. The Labute approximate surface area is 112 Å². The van der Waals surface area contributed by atoms with E-state index in [4.69, 9.17) is 21.9 Å². The highest BCUT2D eigenvalue weighted by molar-refractivity contribution is 6.30. The van der Waals surface area contributed by atoms with Gasteiger partial charge in [0.25, 0.3) is 0 Å². The van der Waals surface area contributed by atoms with Gasteiger partial charge in [0, 0.05) is 11.4 Å².